The minimum absolute atomic E-state index is 0.371. The highest BCUT2D eigenvalue weighted by Crippen LogP contribution is 2.42. The van der Waals surface area contributed by atoms with E-state index in [1.807, 2.05) is 38.2 Å². The van der Waals surface area contributed by atoms with E-state index in [-0.39, 0.29) is 0 Å². The van der Waals surface area contributed by atoms with Crippen molar-refractivity contribution in [1.29, 1.82) is 0 Å². The van der Waals surface area contributed by atoms with E-state index in [9.17, 15) is 9.90 Å². The maximum absolute atomic E-state index is 12.0. The average molecular weight is 305 g/mol. The molecule has 5 heteroatoms. The number of carboxylic acids is 1. The van der Waals surface area contributed by atoms with Crippen LogP contribution in [0.4, 0.5) is 0 Å². The van der Waals surface area contributed by atoms with Crippen molar-refractivity contribution >= 4 is 17.6 Å². The number of carboxylic acid groups (broad SMARTS) is 1. The summed E-state index contributed by atoms with van der Waals surface area (Å²) in [6.07, 6.45) is 1.76. The number of aromatic nitrogens is 2. The molecular formula is C16H17ClN2O2. The zero-order chi connectivity index (χ0) is 15.2. The molecule has 1 N–H and O–H groups in total. The van der Waals surface area contributed by atoms with E-state index in [1.54, 1.807) is 4.68 Å². The fraction of sp³-hybridized carbons (Fsp3) is 0.375. The Labute approximate surface area is 128 Å². The number of halogens is 1. The summed E-state index contributed by atoms with van der Waals surface area (Å²) in [5.41, 5.74) is 2.65. The number of hydrogen-bond donors (Lipinski definition) is 1. The van der Waals surface area contributed by atoms with Gasteiger partial charge in [-0.1, -0.05) is 35.9 Å². The lowest BCUT2D eigenvalue weighted by Gasteiger charge is -2.25. The lowest BCUT2D eigenvalue weighted by atomic mass is 9.77. The monoisotopic (exact) mass is 304 g/mol. The first-order valence-corrected chi connectivity index (χ1v) is 7.33. The second kappa shape index (κ2) is 4.88. The second-order valence-electron chi connectivity index (χ2n) is 5.69. The second-order valence-corrected chi connectivity index (χ2v) is 6.07. The molecule has 0 aliphatic heterocycles. The highest BCUT2D eigenvalue weighted by molar-refractivity contribution is 6.31. The van der Waals surface area contributed by atoms with E-state index in [4.69, 9.17) is 11.6 Å². The molecule has 0 fully saturated rings. The van der Waals surface area contributed by atoms with Crippen molar-refractivity contribution < 1.29 is 9.90 Å². The smallest absolute Gasteiger partial charge is 0.314 e. The predicted octanol–water partition coefficient (Wildman–Crippen LogP) is 2.89. The van der Waals surface area contributed by atoms with E-state index in [2.05, 4.69) is 5.10 Å². The number of carbonyl (C=O) groups is 1. The van der Waals surface area contributed by atoms with Crippen molar-refractivity contribution in [3.05, 3.63) is 51.8 Å². The summed E-state index contributed by atoms with van der Waals surface area (Å²) in [6, 6.07) is 7.79. The first-order chi connectivity index (χ1) is 9.95. The largest absolute Gasteiger partial charge is 0.481 e. The Balaban J connectivity index is 2.11. The highest BCUT2D eigenvalue weighted by Gasteiger charge is 2.46. The summed E-state index contributed by atoms with van der Waals surface area (Å²) in [5, 5.41) is 14.8. The van der Waals surface area contributed by atoms with Crippen LogP contribution in [0.3, 0.4) is 0 Å². The molecule has 0 saturated heterocycles. The molecule has 2 aromatic rings. The van der Waals surface area contributed by atoms with Gasteiger partial charge in [0.2, 0.25) is 0 Å². The quantitative estimate of drug-likeness (QED) is 0.948. The number of hydrogen-bond acceptors (Lipinski definition) is 2. The molecule has 0 spiro atoms. The van der Waals surface area contributed by atoms with Gasteiger partial charge in [-0.15, -0.1) is 0 Å². The molecule has 1 aromatic heterocycles. The maximum atomic E-state index is 12.0. The topological polar surface area (TPSA) is 55.1 Å². The molecule has 1 aliphatic rings. The summed E-state index contributed by atoms with van der Waals surface area (Å²) in [5.74, 6) is -0.789. The number of aryl methyl sites for hydroxylation is 3. The standard InChI is InChI=1S/C16H17ClN2O2/c1-10-14(17)13(19(2)18-10)9-16(15(20)21)8-7-11-5-3-4-6-12(11)16/h3-6H,7-9H2,1-2H3,(H,20,21). The Morgan fingerprint density at radius 1 is 1.48 bits per heavy atom. The molecule has 1 heterocycles. The van der Waals surface area contributed by atoms with Gasteiger partial charge in [0.05, 0.1) is 21.8 Å². The zero-order valence-electron chi connectivity index (χ0n) is 12.1. The first kappa shape index (κ1) is 14.1. The Kier molecular flexibility index (Phi) is 3.29. The normalized spacial score (nSPS) is 20.5. The Morgan fingerprint density at radius 3 is 2.81 bits per heavy atom. The summed E-state index contributed by atoms with van der Waals surface area (Å²) < 4.78 is 1.70. The molecule has 3 rings (SSSR count). The molecule has 1 atom stereocenters. The van der Waals surface area contributed by atoms with Gasteiger partial charge in [0, 0.05) is 13.5 Å². The van der Waals surface area contributed by atoms with Crippen molar-refractivity contribution in [2.75, 3.05) is 0 Å². The van der Waals surface area contributed by atoms with Gasteiger partial charge in [-0.25, -0.2) is 0 Å². The van der Waals surface area contributed by atoms with Gasteiger partial charge in [-0.05, 0) is 30.9 Å². The average Bonchev–Trinajstić information content (AvgIpc) is 2.94. The third kappa shape index (κ3) is 2.05. The lowest BCUT2D eigenvalue weighted by molar-refractivity contribution is -0.143. The van der Waals surface area contributed by atoms with E-state index in [1.165, 1.54) is 0 Å². The van der Waals surface area contributed by atoms with Gasteiger partial charge in [0.1, 0.15) is 0 Å². The number of rotatable bonds is 3. The van der Waals surface area contributed by atoms with E-state index in [0.717, 1.165) is 28.9 Å². The number of fused-ring (bicyclic) bond motifs is 1. The van der Waals surface area contributed by atoms with E-state index >= 15 is 0 Å². The molecule has 0 saturated carbocycles. The van der Waals surface area contributed by atoms with Crippen LogP contribution in [0.15, 0.2) is 24.3 Å². The van der Waals surface area contributed by atoms with E-state index in [0.29, 0.717) is 17.9 Å². The van der Waals surface area contributed by atoms with E-state index < -0.39 is 11.4 Å². The van der Waals surface area contributed by atoms with Crippen LogP contribution in [0.1, 0.15) is 28.9 Å². The van der Waals surface area contributed by atoms with Crippen molar-refractivity contribution in [1.82, 2.24) is 9.78 Å². The fourth-order valence-electron chi connectivity index (χ4n) is 3.33. The van der Waals surface area contributed by atoms with Gasteiger partial charge in [-0.2, -0.15) is 5.10 Å². The van der Waals surface area contributed by atoms with Crippen LogP contribution in [0.2, 0.25) is 5.02 Å². The van der Waals surface area contributed by atoms with Crippen molar-refractivity contribution in [3.8, 4) is 0 Å². The molecule has 110 valence electrons. The molecule has 0 amide bonds. The van der Waals surface area contributed by atoms with Gasteiger partial charge >= 0.3 is 5.97 Å². The van der Waals surface area contributed by atoms with Crippen LogP contribution in [-0.4, -0.2) is 20.9 Å². The van der Waals surface area contributed by atoms with Crippen LogP contribution in [0.25, 0.3) is 0 Å². The molecule has 21 heavy (non-hydrogen) atoms. The van der Waals surface area contributed by atoms with Crippen LogP contribution >= 0.6 is 11.6 Å². The summed E-state index contributed by atoms with van der Waals surface area (Å²) in [4.78, 5) is 12.0. The number of aliphatic carboxylic acids is 1. The first-order valence-electron chi connectivity index (χ1n) is 6.95. The zero-order valence-corrected chi connectivity index (χ0v) is 12.8. The lowest BCUT2D eigenvalue weighted by Crippen LogP contribution is -2.36. The molecule has 4 nitrogen and oxygen atoms in total. The summed E-state index contributed by atoms with van der Waals surface area (Å²) in [7, 11) is 1.81. The van der Waals surface area contributed by atoms with Gasteiger partial charge < -0.3 is 5.11 Å². The highest BCUT2D eigenvalue weighted by atomic mass is 35.5. The van der Waals surface area contributed by atoms with Crippen LogP contribution < -0.4 is 0 Å². The molecular weight excluding hydrogens is 288 g/mol. The summed E-state index contributed by atoms with van der Waals surface area (Å²) >= 11 is 6.31. The third-order valence-corrected chi connectivity index (χ3v) is 4.99. The SMILES string of the molecule is Cc1nn(C)c(CC2(C(=O)O)CCc3ccccc32)c1Cl. The third-order valence-electron chi connectivity index (χ3n) is 4.49. The van der Waals surface area contributed by atoms with Crippen LogP contribution in [-0.2, 0) is 30.1 Å². The van der Waals surface area contributed by atoms with Gasteiger partial charge in [0.25, 0.3) is 0 Å². The van der Waals surface area contributed by atoms with Gasteiger partial charge in [0.15, 0.2) is 0 Å². The summed E-state index contributed by atoms with van der Waals surface area (Å²) in [6.45, 7) is 1.84. The Bertz CT molecular complexity index is 723. The van der Waals surface area contributed by atoms with Gasteiger partial charge in [-0.3, -0.25) is 9.48 Å². The predicted molar refractivity (Wildman–Crippen MR) is 80.7 cm³/mol. The number of nitrogens with zero attached hydrogens (tertiary/aromatic N) is 2. The number of benzene rings is 1. The Morgan fingerprint density at radius 2 is 2.19 bits per heavy atom. The van der Waals surface area contributed by atoms with Crippen molar-refractivity contribution in [3.63, 3.8) is 0 Å². The Hall–Kier alpha value is -1.81. The molecule has 0 bridgehead atoms. The minimum Gasteiger partial charge on any atom is -0.481 e. The van der Waals surface area contributed by atoms with Crippen LogP contribution in [0, 0.1) is 6.92 Å². The minimum atomic E-state index is -0.902. The molecule has 1 aromatic carbocycles. The van der Waals surface area contributed by atoms with Crippen LogP contribution in [0.5, 0.6) is 0 Å². The maximum Gasteiger partial charge on any atom is 0.314 e. The molecule has 1 aliphatic carbocycles. The van der Waals surface area contributed by atoms with Crippen molar-refractivity contribution in [2.24, 2.45) is 7.05 Å². The van der Waals surface area contributed by atoms with Crippen molar-refractivity contribution in [2.45, 2.75) is 31.6 Å². The fourth-order valence-corrected chi connectivity index (χ4v) is 3.55. The molecule has 1 unspecified atom stereocenters. The molecule has 0 radical (unpaired) electrons.